The van der Waals surface area contributed by atoms with E-state index < -0.39 is 11.9 Å². The Morgan fingerprint density at radius 1 is 1.69 bits per heavy atom. The Morgan fingerprint density at radius 3 is 2.92 bits per heavy atom. The van der Waals surface area contributed by atoms with Crippen LogP contribution in [0.25, 0.3) is 0 Å². The highest BCUT2D eigenvalue weighted by atomic mass is 19.1. The number of halogens is 1. The van der Waals surface area contributed by atoms with Crippen molar-refractivity contribution in [3.8, 4) is 0 Å². The molecule has 0 saturated carbocycles. The van der Waals surface area contributed by atoms with Crippen LogP contribution in [0, 0.1) is 5.82 Å². The molecule has 0 radical (unpaired) electrons. The molecule has 1 aromatic rings. The molecule has 4 nitrogen and oxygen atoms in total. The fourth-order valence-electron chi connectivity index (χ4n) is 0.736. The number of hydrogen-bond acceptors (Lipinski definition) is 3. The lowest BCUT2D eigenvalue weighted by molar-refractivity contribution is -0.117. The van der Waals surface area contributed by atoms with E-state index in [0.717, 1.165) is 6.20 Å². The summed E-state index contributed by atoms with van der Waals surface area (Å²) in [6, 6.07) is 0.552. The summed E-state index contributed by atoms with van der Waals surface area (Å²) in [5, 5.41) is 2.42. The molecular formula is C8H10FN3O. The molecule has 0 spiro atoms. The van der Waals surface area contributed by atoms with E-state index in [2.05, 4.69) is 10.3 Å². The first-order valence-electron chi connectivity index (χ1n) is 3.76. The molecule has 0 aromatic carbocycles. The third-order valence-electron chi connectivity index (χ3n) is 1.39. The predicted octanol–water partition coefficient (Wildman–Crippen LogP) is 0.506. The van der Waals surface area contributed by atoms with Crippen molar-refractivity contribution in [1.82, 2.24) is 4.98 Å². The van der Waals surface area contributed by atoms with Gasteiger partial charge in [-0.3, -0.25) is 9.78 Å². The summed E-state index contributed by atoms with van der Waals surface area (Å²) in [6.45, 7) is 1.54. The zero-order valence-corrected chi connectivity index (χ0v) is 7.12. The van der Waals surface area contributed by atoms with Crippen LogP contribution in [0.1, 0.15) is 6.92 Å². The summed E-state index contributed by atoms with van der Waals surface area (Å²) in [7, 11) is 0. The van der Waals surface area contributed by atoms with Crippen molar-refractivity contribution in [2.24, 2.45) is 5.73 Å². The Labute approximate surface area is 75.0 Å². The average Bonchev–Trinajstić information content (AvgIpc) is 2.04. The minimum atomic E-state index is -0.622. The Morgan fingerprint density at radius 2 is 2.38 bits per heavy atom. The summed E-state index contributed by atoms with van der Waals surface area (Å²) in [5.74, 6) is -0.866. The van der Waals surface area contributed by atoms with Crippen LogP contribution < -0.4 is 11.1 Å². The molecule has 1 heterocycles. The van der Waals surface area contributed by atoms with E-state index in [1.165, 1.54) is 12.3 Å². The number of carbonyl (C=O) groups excluding carboxylic acids is 1. The van der Waals surface area contributed by atoms with Gasteiger partial charge in [0.1, 0.15) is 5.82 Å². The van der Waals surface area contributed by atoms with Gasteiger partial charge in [0.2, 0.25) is 5.91 Å². The van der Waals surface area contributed by atoms with Gasteiger partial charge in [0.05, 0.1) is 24.1 Å². The molecule has 1 atom stereocenters. The zero-order chi connectivity index (χ0) is 9.84. The van der Waals surface area contributed by atoms with Crippen LogP contribution in [-0.2, 0) is 4.79 Å². The molecule has 0 fully saturated rings. The van der Waals surface area contributed by atoms with Gasteiger partial charge in [-0.2, -0.15) is 0 Å². The quantitative estimate of drug-likeness (QED) is 0.701. The van der Waals surface area contributed by atoms with E-state index in [0.29, 0.717) is 5.69 Å². The summed E-state index contributed by atoms with van der Waals surface area (Å²) in [6.07, 6.45) is 2.41. The standard InChI is InChI=1S/C8H10FN3O/c1-5(10)8(13)12-7-2-6(9)3-11-4-7/h2-5H,10H2,1H3,(H,12,13)/t5-/m0/s1. The normalized spacial score (nSPS) is 12.2. The van der Waals surface area contributed by atoms with Crippen LogP contribution in [0.5, 0.6) is 0 Å². The highest BCUT2D eigenvalue weighted by Gasteiger charge is 2.07. The smallest absolute Gasteiger partial charge is 0.241 e. The molecule has 0 bridgehead atoms. The van der Waals surface area contributed by atoms with Crippen molar-refractivity contribution >= 4 is 11.6 Å². The Balaban J connectivity index is 2.69. The first-order chi connectivity index (χ1) is 6.09. The number of rotatable bonds is 2. The van der Waals surface area contributed by atoms with Crippen molar-refractivity contribution in [2.75, 3.05) is 5.32 Å². The maximum Gasteiger partial charge on any atom is 0.241 e. The third-order valence-corrected chi connectivity index (χ3v) is 1.39. The van der Waals surface area contributed by atoms with E-state index in [1.54, 1.807) is 6.92 Å². The number of amides is 1. The number of nitrogens with one attached hydrogen (secondary N) is 1. The molecule has 0 aliphatic rings. The van der Waals surface area contributed by atoms with Crippen molar-refractivity contribution < 1.29 is 9.18 Å². The molecule has 0 aliphatic carbocycles. The lowest BCUT2D eigenvalue weighted by Crippen LogP contribution is -2.32. The summed E-state index contributed by atoms with van der Waals surface area (Å²) in [5.41, 5.74) is 5.60. The van der Waals surface area contributed by atoms with E-state index in [-0.39, 0.29) is 5.91 Å². The number of anilines is 1. The van der Waals surface area contributed by atoms with Gasteiger partial charge in [0.25, 0.3) is 0 Å². The number of aromatic nitrogens is 1. The second-order valence-corrected chi connectivity index (χ2v) is 2.67. The summed E-state index contributed by atoms with van der Waals surface area (Å²) in [4.78, 5) is 14.6. The fourth-order valence-corrected chi connectivity index (χ4v) is 0.736. The largest absolute Gasteiger partial charge is 0.323 e. The summed E-state index contributed by atoms with van der Waals surface area (Å²) >= 11 is 0. The van der Waals surface area contributed by atoms with Gasteiger partial charge in [-0.1, -0.05) is 0 Å². The van der Waals surface area contributed by atoms with Crippen LogP contribution in [0.4, 0.5) is 10.1 Å². The number of nitrogens with zero attached hydrogens (tertiary/aromatic N) is 1. The van der Waals surface area contributed by atoms with E-state index in [4.69, 9.17) is 5.73 Å². The van der Waals surface area contributed by atoms with Gasteiger partial charge in [-0.05, 0) is 6.92 Å². The second-order valence-electron chi connectivity index (χ2n) is 2.67. The predicted molar refractivity (Wildman–Crippen MR) is 46.5 cm³/mol. The molecule has 0 saturated heterocycles. The Kier molecular flexibility index (Phi) is 2.92. The molecule has 1 aromatic heterocycles. The molecule has 3 N–H and O–H groups in total. The Hall–Kier alpha value is -1.49. The number of carbonyl (C=O) groups is 1. The van der Waals surface area contributed by atoms with Gasteiger partial charge in [0, 0.05) is 6.07 Å². The monoisotopic (exact) mass is 183 g/mol. The van der Waals surface area contributed by atoms with Gasteiger partial charge in [-0.25, -0.2) is 4.39 Å². The highest BCUT2D eigenvalue weighted by molar-refractivity contribution is 5.94. The first kappa shape index (κ1) is 9.60. The molecule has 0 unspecified atom stereocenters. The van der Waals surface area contributed by atoms with Gasteiger partial charge in [-0.15, -0.1) is 0 Å². The van der Waals surface area contributed by atoms with Crippen LogP contribution in [0.3, 0.4) is 0 Å². The second kappa shape index (κ2) is 3.95. The van der Waals surface area contributed by atoms with E-state index >= 15 is 0 Å². The van der Waals surface area contributed by atoms with Crippen LogP contribution in [-0.4, -0.2) is 16.9 Å². The van der Waals surface area contributed by atoms with Crippen molar-refractivity contribution in [2.45, 2.75) is 13.0 Å². The Bertz CT molecular complexity index is 314. The topological polar surface area (TPSA) is 68.0 Å². The van der Waals surface area contributed by atoms with Crippen molar-refractivity contribution in [3.05, 3.63) is 24.3 Å². The maximum absolute atomic E-state index is 12.6. The molecule has 1 amide bonds. The molecule has 5 heteroatoms. The third kappa shape index (κ3) is 2.79. The number of pyridine rings is 1. The zero-order valence-electron chi connectivity index (χ0n) is 7.12. The fraction of sp³-hybridized carbons (Fsp3) is 0.250. The van der Waals surface area contributed by atoms with Crippen LogP contribution in [0.15, 0.2) is 18.5 Å². The lowest BCUT2D eigenvalue weighted by Gasteiger charge is -2.06. The number of nitrogens with two attached hydrogens (primary N) is 1. The van der Waals surface area contributed by atoms with Gasteiger partial charge >= 0.3 is 0 Å². The SMILES string of the molecule is C[C@H](N)C(=O)Nc1cncc(F)c1. The van der Waals surface area contributed by atoms with Crippen LogP contribution in [0.2, 0.25) is 0 Å². The van der Waals surface area contributed by atoms with Gasteiger partial charge < -0.3 is 11.1 Å². The van der Waals surface area contributed by atoms with Gasteiger partial charge in [0.15, 0.2) is 0 Å². The molecule has 70 valence electrons. The minimum absolute atomic E-state index is 0.308. The lowest BCUT2D eigenvalue weighted by atomic mass is 10.3. The van der Waals surface area contributed by atoms with Crippen molar-refractivity contribution in [3.63, 3.8) is 0 Å². The molecule has 13 heavy (non-hydrogen) atoms. The minimum Gasteiger partial charge on any atom is -0.323 e. The molecular weight excluding hydrogens is 173 g/mol. The highest BCUT2D eigenvalue weighted by Crippen LogP contribution is 2.06. The maximum atomic E-state index is 12.6. The average molecular weight is 183 g/mol. The molecule has 1 rings (SSSR count). The van der Waals surface area contributed by atoms with E-state index in [1.807, 2.05) is 0 Å². The molecule has 0 aliphatic heterocycles. The van der Waals surface area contributed by atoms with Crippen LogP contribution >= 0.6 is 0 Å². The van der Waals surface area contributed by atoms with E-state index in [9.17, 15) is 9.18 Å². The van der Waals surface area contributed by atoms with Crippen molar-refractivity contribution in [1.29, 1.82) is 0 Å². The summed E-state index contributed by atoms with van der Waals surface area (Å²) < 4.78 is 12.6. The number of hydrogen-bond donors (Lipinski definition) is 2. The first-order valence-corrected chi connectivity index (χ1v) is 3.76.